The van der Waals surface area contributed by atoms with E-state index >= 15 is 0 Å². The van der Waals surface area contributed by atoms with Crippen LogP contribution in [-0.2, 0) is 0 Å². The lowest BCUT2D eigenvalue weighted by Crippen LogP contribution is -2.45. The normalized spacial score (nSPS) is 32.5. The quantitative estimate of drug-likeness (QED) is 0.462. The van der Waals surface area contributed by atoms with Crippen LogP contribution in [-0.4, -0.2) is 31.4 Å². The lowest BCUT2D eigenvalue weighted by molar-refractivity contribution is -0.807. The van der Waals surface area contributed by atoms with Gasteiger partial charge in [0.2, 0.25) is 0 Å². The first-order valence-electron chi connectivity index (χ1n) is 4.82. The fourth-order valence-electron chi connectivity index (χ4n) is 2.73. The molecule has 0 atom stereocenters. The van der Waals surface area contributed by atoms with Gasteiger partial charge in [0.15, 0.2) is 0 Å². The summed E-state index contributed by atoms with van der Waals surface area (Å²) >= 11 is 0. The van der Waals surface area contributed by atoms with E-state index in [0.29, 0.717) is 5.41 Å². The molecular formula is C9H18BN+. The van der Waals surface area contributed by atoms with Crippen LogP contribution in [0.3, 0.4) is 0 Å². The Kier molecular flexibility index (Phi) is 1.57. The standard InChI is InChI=1S/C9H18BN/c1-9(2)7-10-11(8-9)5-3-4-6-11/h3-8H2,1-2H3/q+1. The van der Waals surface area contributed by atoms with Crippen molar-refractivity contribution in [3.05, 3.63) is 0 Å². The molecule has 61 valence electrons. The third kappa shape index (κ3) is 1.33. The molecular weight excluding hydrogens is 133 g/mol. The summed E-state index contributed by atoms with van der Waals surface area (Å²) in [5, 5.41) is 0. The maximum Gasteiger partial charge on any atom is 0.447 e. The first-order valence-corrected chi connectivity index (χ1v) is 4.82. The van der Waals surface area contributed by atoms with Crippen LogP contribution in [0, 0.1) is 5.41 Å². The third-order valence-electron chi connectivity index (χ3n) is 3.23. The van der Waals surface area contributed by atoms with Crippen molar-refractivity contribution in [2.24, 2.45) is 5.41 Å². The molecule has 2 aliphatic heterocycles. The SMILES string of the molecule is CC1(C)C[B][N+]2(CCCC2)C1. The second-order valence-corrected chi connectivity index (χ2v) is 5.08. The zero-order valence-electron chi connectivity index (χ0n) is 7.77. The lowest BCUT2D eigenvalue weighted by Gasteiger charge is -2.31. The van der Waals surface area contributed by atoms with Gasteiger partial charge in [-0.2, -0.15) is 0 Å². The van der Waals surface area contributed by atoms with Crippen molar-refractivity contribution >= 4 is 7.41 Å². The molecule has 2 rings (SSSR count). The molecule has 0 aromatic carbocycles. The topological polar surface area (TPSA) is 0 Å². The van der Waals surface area contributed by atoms with E-state index < -0.39 is 0 Å². The van der Waals surface area contributed by atoms with E-state index in [1.807, 2.05) is 0 Å². The highest BCUT2D eigenvalue weighted by molar-refractivity contribution is 6.27. The zero-order chi connectivity index (χ0) is 7.95. The van der Waals surface area contributed by atoms with E-state index in [4.69, 9.17) is 0 Å². The summed E-state index contributed by atoms with van der Waals surface area (Å²) in [6.45, 7) is 9.03. The Labute approximate surface area is 70.6 Å². The molecule has 0 unspecified atom stereocenters. The van der Waals surface area contributed by atoms with Gasteiger partial charge in [-0.3, -0.25) is 0 Å². The van der Waals surface area contributed by atoms with Crippen LogP contribution >= 0.6 is 0 Å². The van der Waals surface area contributed by atoms with Gasteiger partial charge in [0, 0.05) is 5.41 Å². The summed E-state index contributed by atoms with van der Waals surface area (Å²) in [6.07, 6.45) is 4.23. The van der Waals surface area contributed by atoms with E-state index in [-0.39, 0.29) is 0 Å². The molecule has 2 heterocycles. The molecule has 11 heavy (non-hydrogen) atoms. The molecule has 0 bridgehead atoms. The van der Waals surface area contributed by atoms with Gasteiger partial charge in [-0.15, -0.1) is 0 Å². The molecule has 2 fully saturated rings. The summed E-state index contributed by atoms with van der Waals surface area (Å²) in [7, 11) is 2.56. The second-order valence-electron chi connectivity index (χ2n) is 5.08. The van der Waals surface area contributed by atoms with Crippen molar-refractivity contribution in [2.75, 3.05) is 19.6 Å². The van der Waals surface area contributed by atoms with Gasteiger partial charge < -0.3 is 4.39 Å². The van der Waals surface area contributed by atoms with Crippen LogP contribution in [0.15, 0.2) is 0 Å². The van der Waals surface area contributed by atoms with Crippen LogP contribution in [0.4, 0.5) is 0 Å². The summed E-state index contributed by atoms with van der Waals surface area (Å²) in [6, 6.07) is 0. The number of hydrogen-bond donors (Lipinski definition) is 0. The molecule has 0 saturated carbocycles. The van der Waals surface area contributed by atoms with Crippen LogP contribution in [0.1, 0.15) is 26.7 Å². The maximum absolute atomic E-state index is 2.56. The number of hydrogen-bond acceptors (Lipinski definition) is 0. The van der Waals surface area contributed by atoms with E-state index in [9.17, 15) is 0 Å². The average molecular weight is 151 g/mol. The molecule has 2 aliphatic rings. The monoisotopic (exact) mass is 151 g/mol. The van der Waals surface area contributed by atoms with Crippen LogP contribution in [0.2, 0.25) is 6.32 Å². The second kappa shape index (κ2) is 2.26. The van der Waals surface area contributed by atoms with Gasteiger partial charge >= 0.3 is 7.41 Å². The molecule has 0 aromatic heterocycles. The largest absolute Gasteiger partial charge is 0.447 e. The summed E-state index contributed by atoms with van der Waals surface area (Å²) in [5.74, 6) is 0. The summed E-state index contributed by atoms with van der Waals surface area (Å²) < 4.78 is 1.34. The lowest BCUT2D eigenvalue weighted by atomic mass is 9.78. The highest BCUT2D eigenvalue weighted by Gasteiger charge is 2.46. The maximum atomic E-state index is 2.56. The van der Waals surface area contributed by atoms with Crippen molar-refractivity contribution in [3.8, 4) is 0 Å². The molecule has 1 nitrogen and oxygen atoms in total. The van der Waals surface area contributed by atoms with Gasteiger partial charge in [-0.25, -0.2) is 0 Å². The predicted molar refractivity (Wildman–Crippen MR) is 48.4 cm³/mol. The van der Waals surface area contributed by atoms with Crippen molar-refractivity contribution in [2.45, 2.75) is 33.0 Å². The van der Waals surface area contributed by atoms with Gasteiger partial charge in [0.1, 0.15) is 0 Å². The first-order chi connectivity index (χ1) is 5.12. The van der Waals surface area contributed by atoms with Gasteiger partial charge in [-0.05, 0) is 19.2 Å². The fourth-order valence-corrected chi connectivity index (χ4v) is 2.73. The summed E-state index contributed by atoms with van der Waals surface area (Å²) in [5.41, 5.74) is 0.588. The number of quaternary nitrogens is 1. The fraction of sp³-hybridized carbons (Fsp3) is 1.00. The van der Waals surface area contributed by atoms with Crippen molar-refractivity contribution in [1.82, 2.24) is 0 Å². The van der Waals surface area contributed by atoms with Crippen LogP contribution in [0.25, 0.3) is 0 Å². The Morgan fingerprint density at radius 2 is 1.82 bits per heavy atom. The third-order valence-corrected chi connectivity index (χ3v) is 3.23. The van der Waals surface area contributed by atoms with Gasteiger partial charge in [0.05, 0.1) is 19.6 Å². The average Bonchev–Trinajstić information content (AvgIpc) is 2.43. The Balaban J connectivity index is 2.07. The molecule has 1 radical (unpaired) electrons. The molecule has 0 aliphatic carbocycles. The van der Waals surface area contributed by atoms with E-state index in [0.717, 1.165) is 0 Å². The first kappa shape index (κ1) is 7.66. The van der Waals surface area contributed by atoms with Crippen molar-refractivity contribution < 1.29 is 4.39 Å². The number of rotatable bonds is 0. The van der Waals surface area contributed by atoms with Gasteiger partial charge in [-0.1, -0.05) is 13.8 Å². The Hall–Kier alpha value is 0.0249. The minimum absolute atomic E-state index is 0.588. The zero-order valence-corrected chi connectivity index (χ0v) is 7.77. The predicted octanol–water partition coefficient (Wildman–Crippen LogP) is 1.67. The van der Waals surface area contributed by atoms with Crippen molar-refractivity contribution in [1.29, 1.82) is 0 Å². The molecule has 1 spiro atoms. The van der Waals surface area contributed by atoms with Gasteiger partial charge in [0.25, 0.3) is 0 Å². The van der Waals surface area contributed by atoms with Crippen LogP contribution < -0.4 is 0 Å². The Morgan fingerprint density at radius 3 is 2.27 bits per heavy atom. The van der Waals surface area contributed by atoms with E-state index in [2.05, 4.69) is 21.3 Å². The minimum atomic E-state index is 0.588. The van der Waals surface area contributed by atoms with Crippen LogP contribution in [0.5, 0.6) is 0 Å². The van der Waals surface area contributed by atoms with Crippen molar-refractivity contribution in [3.63, 3.8) is 0 Å². The Morgan fingerprint density at radius 1 is 1.18 bits per heavy atom. The smallest absolute Gasteiger partial charge is 0.394 e. The minimum Gasteiger partial charge on any atom is -0.394 e. The molecule has 2 heteroatoms. The van der Waals surface area contributed by atoms with E-state index in [1.165, 1.54) is 43.2 Å². The summed E-state index contributed by atoms with van der Waals surface area (Å²) in [4.78, 5) is 0. The van der Waals surface area contributed by atoms with E-state index in [1.54, 1.807) is 0 Å². The number of nitrogens with zero attached hydrogens (tertiary/aromatic N) is 1. The molecule has 0 amide bonds. The molecule has 2 saturated heterocycles. The highest BCUT2D eigenvalue weighted by atomic mass is 15.3. The Bertz CT molecular complexity index is 159. The molecule has 0 aromatic rings. The molecule has 0 N–H and O–H groups in total. The highest BCUT2D eigenvalue weighted by Crippen LogP contribution is 2.36.